The van der Waals surface area contributed by atoms with Crippen molar-refractivity contribution in [1.82, 2.24) is 20.4 Å². The second kappa shape index (κ2) is 6.58. The third-order valence-electron chi connectivity index (χ3n) is 6.16. The lowest BCUT2D eigenvalue weighted by atomic mass is 10.1. The van der Waals surface area contributed by atoms with Crippen LogP contribution in [-0.4, -0.2) is 70.7 Å². The number of carbonyl (C=O) groups is 4. The van der Waals surface area contributed by atoms with Crippen molar-refractivity contribution < 1.29 is 19.2 Å². The Morgan fingerprint density at radius 3 is 2.75 bits per heavy atom. The Morgan fingerprint density at radius 1 is 1.21 bits per heavy atom. The number of hydrogen-bond acceptors (Lipinski definition) is 5. The standard InChI is InChI=1S/C19H22N4O4S/c24-16-13-8-11(20-17(25)14-2-1-7-28-14)9-23(13)19(27)15-12(21-16)5-6-22(15)18(26)10-3-4-10/h1-2,7,10-13,15H,3-6,8-9H2,(H,20,25)(H,21,24)/t11-,12-,13+,15+/m1/s1. The molecule has 0 bridgehead atoms. The van der Waals surface area contributed by atoms with E-state index in [9.17, 15) is 19.2 Å². The van der Waals surface area contributed by atoms with E-state index < -0.39 is 12.1 Å². The normalized spacial score (nSPS) is 31.9. The summed E-state index contributed by atoms with van der Waals surface area (Å²) in [6.45, 7) is 0.802. The lowest BCUT2D eigenvalue weighted by molar-refractivity contribution is -0.145. The van der Waals surface area contributed by atoms with Crippen molar-refractivity contribution in [2.45, 2.75) is 49.9 Å². The van der Waals surface area contributed by atoms with Gasteiger partial charge in [-0.25, -0.2) is 0 Å². The Kier molecular flexibility index (Phi) is 4.15. The van der Waals surface area contributed by atoms with Crippen LogP contribution in [0.5, 0.6) is 0 Å². The number of nitrogens with zero attached hydrogens (tertiary/aromatic N) is 2. The number of amides is 4. The van der Waals surface area contributed by atoms with E-state index in [0.29, 0.717) is 30.8 Å². The molecule has 1 aliphatic carbocycles. The molecule has 4 atom stereocenters. The van der Waals surface area contributed by atoms with Crippen molar-refractivity contribution in [2.24, 2.45) is 5.92 Å². The van der Waals surface area contributed by atoms with Gasteiger partial charge in [0, 0.05) is 25.0 Å². The van der Waals surface area contributed by atoms with E-state index in [-0.39, 0.29) is 41.6 Å². The molecule has 1 aromatic heterocycles. The molecule has 3 aliphatic heterocycles. The average molecular weight is 402 g/mol. The minimum Gasteiger partial charge on any atom is -0.349 e. The van der Waals surface area contributed by atoms with Crippen LogP contribution in [0.25, 0.3) is 0 Å². The predicted octanol–water partition coefficient (Wildman–Crippen LogP) is -0.0433. The molecule has 28 heavy (non-hydrogen) atoms. The highest BCUT2D eigenvalue weighted by Gasteiger charge is 2.53. The summed E-state index contributed by atoms with van der Waals surface area (Å²) in [6.07, 6.45) is 2.78. The van der Waals surface area contributed by atoms with Gasteiger partial charge in [0.25, 0.3) is 5.91 Å². The van der Waals surface area contributed by atoms with Crippen LogP contribution in [0, 0.1) is 5.92 Å². The number of rotatable bonds is 3. The van der Waals surface area contributed by atoms with Crippen LogP contribution in [0.1, 0.15) is 35.4 Å². The van der Waals surface area contributed by atoms with Gasteiger partial charge in [-0.1, -0.05) is 6.07 Å². The maximum Gasteiger partial charge on any atom is 0.261 e. The van der Waals surface area contributed by atoms with Crippen LogP contribution in [0.2, 0.25) is 0 Å². The van der Waals surface area contributed by atoms with E-state index in [2.05, 4.69) is 10.6 Å². The highest BCUT2D eigenvalue weighted by atomic mass is 32.1. The molecular weight excluding hydrogens is 380 g/mol. The first-order valence-electron chi connectivity index (χ1n) is 9.78. The van der Waals surface area contributed by atoms with Crippen LogP contribution in [0.3, 0.4) is 0 Å². The lowest BCUT2D eigenvalue weighted by Gasteiger charge is -2.29. The van der Waals surface area contributed by atoms with Gasteiger partial charge in [-0.3, -0.25) is 19.2 Å². The van der Waals surface area contributed by atoms with Crippen molar-refractivity contribution in [3.8, 4) is 0 Å². The summed E-state index contributed by atoms with van der Waals surface area (Å²) in [7, 11) is 0. The van der Waals surface area contributed by atoms with E-state index in [1.54, 1.807) is 15.9 Å². The average Bonchev–Trinajstić information content (AvgIpc) is 3.10. The topological polar surface area (TPSA) is 98.8 Å². The first-order chi connectivity index (χ1) is 13.5. The second-order valence-electron chi connectivity index (χ2n) is 8.04. The summed E-state index contributed by atoms with van der Waals surface area (Å²) in [4.78, 5) is 54.9. The number of nitrogens with one attached hydrogen (secondary N) is 2. The van der Waals surface area contributed by atoms with Crippen molar-refractivity contribution in [3.63, 3.8) is 0 Å². The van der Waals surface area contributed by atoms with Gasteiger partial charge in [0.15, 0.2) is 0 Å². The van der Waals surface area contributed by atoms with Gasteiger partial charge in [-0.05, 0) is 37.1 Å². The molecule has 0 radical (unpaired) electrons. The van der Waals surface area contributed by atoms with Crippen LogP contribution in [0.4, 0.5) is 0 Å². The van der Waals surface area contributed by atoms with Gasteiger partial charge < -0.3 is 20.4 Å². The molecule has 8 nitrogen and oxygen atoms in total. The van der Waals surface area contributed by atoms with Gasteiger partial charge in [-0.2, -0.15) is 0 Å². The maximum atomic E-state index is 13.3. The molecule has 1 aromatic rings. The largest absolute Gasteiger partial charge is 0.349 e. The van der Waals surface area contributed by atoms with Gasteiger partial charge >= 0.3 is 0 Å². The molecule has 9 heteroatoms. The number of hydrogen-bond donors (Lipinski definition) is 2. The van der Waals surface area contributed by atoms with Crippen molar-refractivity contribution in [1.29, 1.82) is 0 Å². The molecule has 148 valence electrons. The first kappa shape index (κ1) is 17.7. The zero-order valence-corrected chi connectivity index (χ0v) is 16.1. The smallest absolute Gasteiger partial charge is 0.261 e. The Bertz CT molecular complexity index is 837. The van der Waals surface area contributed by atoms with Gasteiger partial charge in [0.05, 0.1) is 10.9 Å². The Morgan fingerprint density at radius 2 is 2.04 bits per heavy atom. The van der Waals surface area contributed by atoms with Crippen molar-refractivity contribution in [3.05, 3.63) is 22.4 Å². The van der Waals surface area contributed by atoms with E-state index in [1.165, 1.54) is 11.3 Å². The molecule has 0 aromatic carbocycles. The fourth-order valence-corrected chi connectivity index (χ4v) is 5.23. The van der Waals surface area contributed by atoms with Crippen LogP contribution >= 0.6 is 11.3 Å². The zero-order valence-electron chi connectivity index (χ0n) is 15.3. The summed E-state index contributed by atoms with van der Waals surface area (Å²) in [5.41, 5.74) is 0. The summed E-state index contributed by atoms with van der Waals surface area (Å²) < 4.78 is 0. The molecule has 4 fully saturated rings. The summed E-state index contributed by atoms with van der Waals surface area (Å²) >= 11 is 1.35. The molecule has 3 saturated heterocycles. The lowest BCUT2D eigenvalue weighted by Crippen LogP contribution is -2.53. The Balaban J connectivity index is 1.34. The highest BCUT2D eigenvalue weighted by Crippen LogP contribution is 2.35. The highest BCUT2D eigenvalue weighted by molar-refractivity contribution is 7.12. The quantitative estimate of drug-likeness (QED) is 0.741. The molecular formula is C19H22N4O4S. The minimum atomic E-state index is -0.617. The Labute approximate surface area is 166 Å². The molecule has 0 spiro atoms. The number of carbonyl (C=O) groups excluding carboxylic acids is 4. The molecule has 4 heterocycles. The van der Waals surface area contributed by atoms with Crippen molar-refractivity contribution in [2.75, 3.05) is 13.1 Å². The van der Waals surface area contributed by atoms with Gasteiger partial charge in [0.1, 0.15) is 12.1 Å². The summed E-state index contributed by atoms with van der Waals surface area (Å²) in [6, 6.07) is 1.76. The molecule has 4 amide bonds. The van der Waals surface area contributed by atoms with Gasteiger partial charge in [0.2, 0.25) is 17.7 Å². The SMILES string of the molecule is O=C(N[C@@H]1C[C@H]2C(=O)N[C@@H]3CCN(C(=O)C4CC4)[C@@H]3C(=O)N2C1)c1cccs1. The maximum absolute atomic E-state index is 13.3. The fourth-order valence-electron chi connectivity index (χ4n) is 4.61. The summed E-state index contributed by atoms with van der Waals surface area (Å²) in [5, 5.41) is 7.75. The first-order valence-corrected chi connectivity index (χ1v) is 10.7. The van der Waals surface area contributed by atoms with E-state index in [4.69, 9.17) is 0 Å². The number of likely N-dealkylation sites (tertiary alicyclic amines) is 1. The van der Waals surface area contributed by atoms with E-state index in [1.807, 2.05) is 11.4 Å². The molecule has 2 N–H and O–H groups in total. The third-order valence-corrected chi connectivity index (χ3v) is 7.02. The fraction of sp³-hybridized carbons (Fsp3) is 0.579. The minimum absolute atomic E-state index is 0.0373. The second-order valence-corrected chi connectivity index (χ2v) is 8.99. The van der Waals surface area contributed by atoms with Gasteiger partial charge in [-0.15, -0.1) is 11.3 Å². The van der Waals surface area contributed by atoms with E-state index >= 15 is 0 Å². The summed E-state index contributed by atoms with van der Waals surface area (Å²) in [5.74, 6) is -0.468. The monoisotopic (exact) mass is 402 g/mol. The van der Waals surface area contributed by atoms with E-state index in [0.717, 1.165) is 12.8 Å². The predicted molar refractivity (Wildman–Crippen MR) is 100 cm³/mol. The molecule has 0 unspecified atom stereocenters. The third kappa shape index (κ3) is 2.88. The van der Waals surface area contributed by atoms with Crippen LogP contribution in [-0.2, 0) is 14.4 Å². The molecule has 1 saturated carbocycles. The number of fused-ring (bicyclic) bond motifs is 2. The number of thiophene rings is 1. The van der Waals surface area contributed by atoms with Crippen molar-refractivity contribution >= 4 is 35.0 Å². The van der Waals surface area contributed by atoms with Crippen LogP contribution < -0.4 is 10.6 Å². The zero-order chi connectivity index (χ0) is 19.4. The molecule has 5 rings (SSSR count). The molecule has 4 aliphatic rings. The Hall–Kier alpha value is -2.42. The van der Waals surface area contributed by atoms with Crippen LogP contribution in [0.15, 0.2) is 17.5 Å².